The Morgan fingerprint density at radius 1 is 1.62 bits per heavy atom. The monoisotopic (exact) mass is 263 g/mol. The molecule has 0 spiro atoms. The zero-order valence-corrected chi connectivity index (χ0v) is 10.2. The van der Waals surface area contributed by atoms with E-state index in [9.17, 15) is 5.11 Å². The van der Waals surface area contributed by atoms with Crippen LogP contribution in [-0.2, 0) is 0 Å². The van der Waals surface area contributed by atoms with Crippen LogP contribution in [0, 0.1) is 5.41 Å². The first-order valence-corrected chi connectivity index (χ1v) is 5.82. The van der Waals surface area contributed by atoms with Gasteiger partial charge in [-0.25, -0.2) is 0 Å². The Morgan fingerprint density at radius 2 is 2.23 bits per heavy atom. The number of halogens is 1. The molecule has 74 valence electrons. The Morgan fingerprint density at radius 3 is 2.62 bits per heavy atom. The molecule has 0 aliphatic rings. The average molecular weight is 264 g/mol. The fourth-order valence-electron chi connectivity index (χ4n) is 1.02. The third-order valence-corrected chi connectivity index (χ3v) is 3.95. The van der Waals surface area contributed by atoms with E-state index in [0.717, 1.165) is 10.0 Å². The molecule has 1 rings (SSSR count). The van der Waals surface area contributed by atoms with Crippen molar-refractivity contribution in [3.05, 3.63) is 20.8 Å². The summed E-state index contributed by atoms with van der Waals surface area (Å²) in [6, 6.07) is 0. The van der Waals surface area contributed by atoms with Crippen LogP contribution in [0.4, 0.5) is 0 Å². The summed E-state index contributed by atoms with van der Waals surface area (Å²) in [6.45, 7) is 4.39. The minimum atomic E-state index is -0.502. The Kier molecular flexibility index (Phi) is 3.51. The van der Waals surface area contributed by atoms with Gasteiger partial charge in [0.2, 0.25) is 0 Å². The summed E-state index contributed by atoms with van der Waals surface area (Å²) < 4.78 is 0.964. The van der Waals surface area contributed by atoms with Crippen LogP contribution >= 0.6 is 27.3 Å². The Labute approximate surface area is 90.9 Å². The normalized spacial score (nSPS) is 14.5. The molecule has 3 N–H and O–H groups in total. The second-order valence-corrected chi connectivity index (χ2v) is 5.37. The third kappa shape index (κ3) is 2.31. The van der Waals surface area contributed by atoms with E-state index in [0.29, 0.717) is 6.54 Å². The lowest BCUT2D eigenvalue weighted by Crippen LogP contribution is -2.30. The van der Waals surface area contributed by atoms with E-state index < -0.39 is 6.10 Å². The van der Waals surface area contributed by atoms with Crippen molar-refractivity contribution in [1.82, 2.24) is 0 Å². The standard InChI is InChI=1S/C9H14BrNOS/c1-9(2,5-11)8(12)6-3-13-4-7(6)10/h3-4,8,12H,5,11H2,1-2H3. The largest absolute Gasteiger partial charge is 0.388 e. The van der Waals surface area contributed by atoms with Crippen LogP contribution in [0.3, 0.4) is 0 Å². The van der Waals surface area contributed by atoms with Crippen LogP contribution in [0.5, 0.6) is 0 Å². The van der Waals surface area contributed by atoms with Crippen LogP contribution < -0.4 is 5.73 Å². The first-order chi connectivity index (χ1) is 5.99. The lowest BCUT2D eigenvalue weighted by molar-refractivity contribution is 0.0553. The van der Waals surface area contributed by atoms with Crippen molar-refractivity contribution in [1.29, 1.82) is 0 Å². The summed E-state index contributed by atoms with van der Waals surface area (Å²) in [6.07, 6.45) is -0.502. The van der Waals surface area contributed by atoms with Gasteiger partial charge in [-0.1, -0.05) is 13.8 Å². The maximum Gasteiger partial charge on any atom is 0.0871 e. The van der Waals surface area contributed by atoms with Gasteiger partial charge in [-0.05, 0) is 21.3 Å². The summed E-state index contributed by atoms with van der Waals surface area (Å²) >= 11 is 4.97. The Bertz CT molecular complexity index is 285. The van der Waals surface area contributed by atoms with Crippen molar-refractivity contribution in [3.63, 3.8) is 0 Å². The predicted molar refractivity (Wildman–Crippen MR) is 59.8 cm³/mol. The van der Waals surface area contributed by atoms with Gasteiger partial charge >= 0.3 is 0 Å². The number of nitrogens with two attached hydrogens (primary N) is 1. The van der Waals surface area contributed by atoms with Crippen LogP contribution in [0.1, 0.15) is 25.5 Å². The highest BCUT2D eigenvalue weighted by molar-refractivity contribution is 9.10. The number of aliphatic hydroxyl groups excluding tert-OH is 1. The molecule has 0 fully saturated rings. The van der Waals surface area contributed by atoms with Gasteiger partial charge in [0.15, 0.2) is 0 Å². The molecule has 1 atom stereocenters. The molecule has 0 aliphatic heterocycles. The van der Waals surface area contributed by atoms with E-state index in [-0.39, 0.29) is 5.41 Å². The minimum Gasteiger partial charge on any atom is -0.388 e. The van der Waals surface area contributed by atoms with E-state index in [1.165, 1.54) is 0 Å². The van der Waals surface area contributed by atoms with Crippen molar-refractivity contribution in [2.75, 3.05) is 6.54 Å². The smallest absolute Gasteiger partial charge is 0.0871 e. The van der Waals surface area contributed by atoms with Gasteiger partial charge in [-0.2, -0.15) is 11.3 Å². The molecule has 1 unspecified atom stereocenters. The third-order valence-electron chi connectivity index (χ3n) is 2.20. The summed E-state index contributed by atoms with van der Waals surface area (Å²) in [7, 11) is 0. The van der Waals surface area contributed by atoms with Crippen LogP contribution in [0.25, 0.3) is 0 Å². The van der Waals surface area contributed by atoms with Gasteiger partial charge in [0, 0.05) is 27.4 Å². The molecule has 1 aromatic heterocycles. The summed E-state index contributed by atoms with van der Waals surface area (Å²) in [4.78, 5) is 0. The molecule has 0 radical (unpaired) electrons. The first-order valence-electron chi connectivity index (χ1n) is 4.09. The highest BCUT2D eigenvalue weighted by Gasteiger charge is 2.29. The quantitative estimate of drug-likeness (QED) is 0.881. The highest BCUT2D eigenvalue weighted by Crippen LogP contribution is 2.37. The maximum absolute atomic E-state index is 10.0. The molecular formula is C9H14BrNOS. The number of hydrogen-bond acceptors (Lipinski definition) is 3. The highest BCUT2D eigenvalue weighted by atomic mass is 79.9. The second kappa shape index (κ2) is 4.09. The number of aliphatic hydroxyl groups is 1. The van der Waals surface area contributed by atoms with E-state index in [1.807, 2.05) is 24.6 Å². The van der Waals surface area contributed by atoms with Crippen LogP contribution in [-0.4, -0.2) is 11.7 Å². The summed E-state index contributed by atoms with van der Waals surface area (Å²) in [5.41, 5.74) is 6.25. The Hall–Kier alpha value is 0.100. The van der Waals surface area contributed by atoms with Crippen LogP contribution in [0.15, 0.2) is 15.2 Å². The maximum atomic E-state index is 10.0. The summed E-state index contributed by atoms with van der Waals surface area (Å²) in [5.74, 6) is 0. The number of thiophene rings is 1. The lowest BCUT2D eigenvalue weighted by atomic mass is 9.84. The molecule has 0 bridgehead atoms. The number of rotatable bonds is 3. The van der Waals surface area contributed by atoms with Gasteiger partial charge in [-0.3, -0.25) is 0 Å². The molecule has 0 aliphatic carbocycles. The average Bonchev–Trinajstić information content (AvgIpc) is 2.50. The zero-order chi connectivity index (χ0) is 10.1. The molecule has 0 amide bonds. The Balaban J connectivity index is 2.91. The molecular weight excluding hydrogens is 250 g/mol. The van der Waals surface area contributed by atoms with Crippen molar-refractivity contribution < 1.29 is 5.11 Å². The van der Waals surface area contributed by atoms with Crippen LogP contribution in [0.2, 0.25) is 0 Å². The molecule has 0 saturated heterocycles. The predicted octanol–water partition coefficient (Wildman–Crippen LogP) is 2.53. The molecule has 13 heavy (non-hydrogen) atoms. The van der Waals surface area contributed by atoms with Gasteiger partial charge < -0.3 is 10.8 Å². The molecule has 4 heteroatoms. The summed E-state index contributed by atoms with van der Waals surface area (Å²) in [5, 5.41) is 13.9. The molecule has 0 aromatic carbocycles. The topological polar surface area (TPSA) is 46.2 Å². The molecule has 1 aromatic rings. The van der Waals surface area contributed by atoms with E-state index in [1.54, 1.807) is 11.3 Å². The zero-order valence-electron chi connectivity index (χ0n) is 7.75. The SMILES string of the molecule is CC(C)(CN)C(O)c1cscc1Br. The van der Waals surface area contributed by atoms with Crippen molar-refractivity contribution in [3.8, 4) is 0 Å². The minimum absolute atomic E-state index is 0.274. The molecule has 0 saturated carbocycles. The molecule has 2 nitrogen and oxygen atoms in total. The van der Waals surface area contributed by atoms with E-state index in [2.05, 4.69) is 15.9 Å². The van der Waals surface area contributed by atoms with E-state index in [4.69, 9.17) is 5.73 Å². The fraction of sp³-hybridized carbons (Fsp3) is 0.556. The van der Waals surface area contributed by atoms with Crippen molar-refractivity contribution in [2.45, 2.75) is 20.0 Å². The number of hydrogen-bond donors (Lipinski definition) is 2. The van der Waals surface area contributed by atoms with Gasteiger partial charge in [0.05, 0.1) is 6.10 Å². The van der Waals surface area contributed by atoms with Gasteiger partial charge in [-0.15, -0.1) is 0 Å². The van der Waals surface area contributed by atoms with E-state index >= 15 is 0 Å². The van der Waals surface area contributed by atoms with Crippen molar-refractivity contribution >= 4 is 27.3 Å². The van der Waals surface area contributed by atoms with Crippen molar-refractivity contribution in [2.24, 2.45) is 11.1 Å². The van der Waals surface area contributed by atoms with Gasteiger partial charge in [0.25, 0.3) is 0 Å². The molecule has 1 heterocycles. The lowest BCUT2D eigenvalue weighted by Gasteiger charge is -2.28. The second-order valence-electron chi connectivity index (χ2n) is 3.77. The first kappa shape index (κ1) is 11.2. The van der Waals surface area contributed by atoms with Gasteiger partial charge in [0.1, 0.15) is 0 Å². The fourth-order valence-corrected chi connectivity index (χ4v) is 2.55.